The molecule has 0 aliphatic carbocycles. The molecule has 0 atom stereocenters. The summed E-state index contributed by atoms with van der Waals surface area (Å²) in [5.74, 6) is 0.732. The third-order valence-corrected chi connectivity index (χ3v) is 3.85. The summed E-state index contributed by atoms with van der Waals surface area (Å²) in [6.45, 7) is 0.650. The molecule has 0 N–H and O–H groups in total. The van der Waals surface area contributed by atoms with Crippen LogP contribution in [0, 0.1) is 0 Å². The van der Waals surface area contributed by atoms with Crippen LogP contribution in [0.5, 0.6) is 5.75 Å². The third-order valence-electron chi connectivity index (χ3n) is 3.85. The minimum atomic E-state index is -0.00708. The third kappa shape index (κ3) is 1.89. The summed E-state index contributed by atoms with van der Waals surface area (Å²) in [5.41, 5.74) is 3.25. The van der Waals surface area contributed by atoms with Gasteiger partial charge in [0.2, 0.25) is 0 Å². The summed E-state index contributed by atoms with van der Waals surface area (Å²) in [6.07, 6.45) is 2.55. The highest BCUT2D eigenvalue weighted by molar-refractivity contribution is 6.17. The lowest BCUT2D eigenvalue weighted by molar-refractivity contribution is 0.103. The van der Waals surface area contributed by atoms with Crippen LogP contribution in [0.2, 0.25) is 0 Å². The van der Waals surface area contributed by atoms with Crippen LogP contribution < -0.4 is 4.74 Å². The number of carbonyl (C=O) groups is 1. The molecule has 0 radical (unpaired) electrons. The number of ether oxygens (including phenoxy) is 1. The van der Waals surface area contributed by atoms with Gasteiger partial charge in [0.15, 0.2) is 5.78 Å². The molecule has 1 aliphatic rings. The summed E-state index contributed by atoms with van der Waals surface area (Å²) in [7, 11) is 0. The van der Waals surface area contributed by atoms with E-state index in [1.807, 2.05) is 42.5 Å². The Balaban J connectivity index is 1.90. The zero-order chi connectivity index (χ0) is 14.2. The van der Waals surface area contributed by atoms with Crippen molar-refractivity contribution < 1.29 is 9.53 Å². The number of hydrogen-bond acceptors (Lipinski definition) is 3. The number of ketones is 1. The highest BCUT2D eigenvalue weighted by Gasteiger charge is 2.22. The van der Waals surface area contributed by atoms with Crippen LogP contribution in [0.4, 0.5) is 0 Å². The number of benzene rings is 2. The minimum Gasteiger partial charge on any atom is -0.492 e. The van der Waals surface area contributed by atoms with Gasteiger partial charge in [0.25, 0.3) is 0 Å². The van der Waals surface area contributed by atoms with Gasteiger partial charge in [-0.25, -0.2) is 0 Å². The zero-order valence-electron chi connectivity index (χ0n) is 11.4. The maximum absolute atomic E-state index is 12.9. The van der Waals surface area contributed by atoms with E-state index in [-0.39, 0.29) is 5.78 Å². The van der Waals surface area contributed by atoms with E-state index in [2.05, 4.69) is 4.98 Å². The zero-order valence-corrected chi connectivity index (χ0v) is 11.4. The fourth-order valence-corrected chi connectivity index (χ4v) is 2.83. The monoisotopic (exact) mass is 275 g/mol. The van der Waals surface area contributed by atoms with Gasteiger partial charge in [-0.15, -0.1) is 0 Å². The molecule has 0 saturated heterocycles. The van der Waals surface area contributed by atoms with Gasteiger partial charge in [0, 0.05) is 23.6 Å². The second-order valence-electron chi connectivity index (χ2n) is 5.10. The highest BCUT2D eigenvalue weighted by Crippen LogP contribution is 2.32. The number of hydrogen-bond donors (Lipinski definition) is 0. The molecular weight excluding hydrogens is 262 g/mol. The smallest absolute Gasteiger partial charge is 0.197 e. The number of para-hydroxylation sites is 2. The van der Waals surface area contributed by atoms with Crippen molar-refractivity contribution in [2.75, 3.05) is 6.61 Å². The second kappa shape index (κ2) is 4.70. The SMILES string of the molecule is O=C(c1cccc2c1OCC2)c1ccnc2ccccc12. The predicted molar refractivity (Wildman–Crippen MR) is 80.8 cm³/mol. The Labute approximate surface area is 122 Å². The standard InChI is InChI=1S/C18H13NO2/c20-17(15-6-3-4-12-9-11-21-18(12)15)14-8-10-19-16-7-2-1-5-13(14)16/h1-8,10H,9,11H2. The molecule has 3 heteroatoms. The van der Waals surface area contributed by atoms with Crippen LogP contribution in [0.1, 0.15) is 21.5 Å². The Bertz CT molecular complexity index is 849. The van der Waals surface area contributed by atoms with Crippen LogP contribution in [-0.4, -0.2) is 17.4 Å². The van der Waals surface area contributed by atoms with Gasteiger partial charge in [-0.05, 0) is 23.8 Å². The van der Waals surface area contributed by atoms with E-state index < -0.39 is 0 Å². The van der Waals surface area contributed by atoms with Gasteiger partial charge in [-0.3, -0.25) is 9.78 Å². The number of rotatable bonds is 2. The van der Waals surface area contributed by atoms with Crippen molar-refractivity contribution in [1.29, 1.82) is 0 Å². The normalized spacial score (nSPS) is 13.0. The second-order valence-corrected chi connectivity index (χ2v) is 5.10. The van der Waals surface area contributed by atoms with E-state index in [1.165, 1.54) is 0 Å². The molecule has 21 heavy (non-hydrogen) atoms. The molecule has 0 bridgehead atoms. The molecule has 3 nitrogen and oxygen atoms in total. The van der Waals surface area contributed by atoms with Crippen molar-refractivity contribution in [3.63, 3.8) is 0 Å². The lowest BCUT2D eigenvalue weighted by atomic mass is 9.97. The molecule has 0 amide bonds. The Morgan fingerprint density at radius 3 is 2.86 bits per heavy atom. The van der Waals surface area contributed by atoms with E-state index in [4.69, 9.17) is 4.74 Å². The fraction of sp³-hybridized carbons (Fsp3) is 0.111. The average molecular weight is 275 g/mol. The summed E-state index contributed by atoms with van der Waals surface area (Å²) in [6, 6.07) is 15.2. The summed E-state index contributed by atoms with van der Waals surface area (Å²) >= 11 is 0. The number of carbonyl (C=O) groups excluding carboxylic acids is 1. The van der Waals surface area contributed by atoms with E-state index in [1.54, 1.807) is 12.3 Å². The van der Waals surface area contributed by atoms with Crippen LogP contribution in [0.3, 0.4) is 0 Å². The van der Waals surface area contributed by atoms with E-state index >= 15 is 0 Å². The van der Waals surface area contributed by atoms with E-state index in [0.29, 0.717) is 17.7 Å². The number of fused-ring (bicyclic) bond motifs is 2. The first kappa shape index (κ1) is 12.1. The van der Waals surface area contributed by atoms with Crippen LogP contribution in [-0.2, 0) is 6.42 Å². The first-order valence-electron chi connectivity index (χ1n) is 6.98. The lowest BCUT2D eigenvalue weighted by Crippen LogP contribution is -2.05. The van der Waals surface area contributed by atoms with Crippen molar-refractivity contribution in [2.24, 2.45) is 0 Å². The molecule has 2 heterocycles. The molecule has 3 aromatic rings. The summed E-state index contributed by atoms with van der Waals surface area (Å²) in [5, 5.41) is 0.876. The minimum absolute atomic E-state index is 0.00708. The van der Waals surface area contributed by atoms with Crippen LogP contribution >= 0.6 is 0 Å². The van der Waals surface area contributed by atoms with Crippen LogP contribution in [0.25, 0.3) is 10.9 Å². The Hall–Kier alpha value is -2.68. The highest BCUT2D eigenvalue weighted by atomic mass is 16.5. The van der Waals surface area contributed by atoms with Crippen LogP contribution in [0.15, 0.2) is 54.7 Å². The molecule has 4 rings (SSSR count). The topological polar surface area (TPSA) is 39.2 Å². The molecule has 0 saturated carbocycles. The Morgan fingerprint density at radius 1 is 1.00 bits per heavy atom. The molecule has 102 valence electrons. The maximum atomic E-state index is 12.9. The van der Waals surface area contributed by atoms with Gasteiger partial charge in [-0.1, -0.05) is 30.3 Å². The van der Waals surface area contributed by atoms with Crippen molar-refractivity contribution in [3.05, 3.63) is 71.4 Å². The molecule has 0 spiro atoms. The van der Waals surface area contributed by atoms with E-state index in [9.17, 15) is 4.79 Å². The van der Waals surface area contributed by atoms with Crippen molar-refractivity contribution in [2.45, 2.75) is 6.42 Å². The first-order valence-corrected chi connectivity index (χ1v) is 6.98. The number of pyridine rings is 1. The molecule has 2 aromatic carbocycles. The maximum Gasteiger partial charge on any atom is 0.197 e. The summed E-state index contributed by atoms with van der Waals surface area (Å²) in [4.78, 5) is 17.2. The van der Waals surface area contributed by atoms with Gasteiger partial charge < -0.3 is 4.74 Å². The van der Waals surface area contributed by atoms with Gasteiger partial charge in [0.05, 0.1) is 17.7 Å². The largest absolute Gasteiger partial charge is 0.492 e. The van der Waals surface area contributed by atoms with Crippen molar-refractivity contribution in [3.8, 4) is 5.75 Å². The first-order chi connectivity index (χ1) is 10.3. The molecule has 0 unspecified atom stereocenters. The molecular formula is C18H13NO2. The molecule has 1 aliphatic heterocycles. The van der Waals surface area contributed by atoms with Gasteiger partial charge >= 0.3 is 0 Å². The quantitative estimate of drug-likeness (QED) is 0.673. The molecule has 1 aromatic heterocycles. The number of nitrogens with zero attached hydrogens (tertiary/aromatic N) is 1. The average Bonchev–Trinajstić information content (AvgIpc) is 3.02. The van der Waals surface area contributed by atoms with E-state index in [0.717, 1.165) is 28.6 Å². The predicted octanol–water partition coefficient (Wildman–Crippen LogP) is 3.40. The van der Waals surface area contributed by atoms with Crippen molar-refractivity contribution >= 4 is 16.7 Å². The fourth-order valence-electron chi connectivity index (χ4n) is 2.83. The lowest BCUT2D eigenvalue weighted by Gasteiger charge is -2.09. The Kier molecular flexibility index (Phi) is 2.71. The Morgan fingerprint density at radius 2 is 1.90 bits per heavy atom. The van der Waals surface area contributed by atoms with Gasteiger partial charge in [-0.2, -0.15) is 0 Å². The van der Waals surface area contributed by atoms with Gasteiger partial charge in [0.1, 0.15) is 5.75 Å². The van der Waals surface area contributed by atoms with Crippen molar-refractivity contribution in [1.82, 2.24) is 4.98 Å². The molecule has 0 fully saturated rings. The summed E-state index contributed by atoms with van der Waals surface area (Å²) < 4.78 is 5.65. The number of aromatic nitrogens is 1.